The molecule has 38 heavy (non-hydrogen) atoms. The van der Waals surface area contributed by atoms with Crippen LogP contribution in [-0.4, -0.2) is 67.5 Å². The molecule has 0 saturated carbocycles. The number of hydrogen-bond acceptors (Lipinski definition) is 6. The molecule has 1 atom stereocenters. The van der Waals surface area contributed by atoms with Crippen molar-refractivity contribution in [2.45, 2.75) is 53.0 Å². The molecule has 0 bridgehead atoms. The fraction of sp³-hybridized carbons (Fsp3) is 0.484. The van der Waals surface area contributed by atoms with Crippen molar-refractivity contribution in [1.82, 2.24) is 9.80 Å². The van der Waals surface area contributed by atoms with Gasteiger partial charge in [-0.1, -0.05) is 39.8 Å². The second-order valence-corrected chi connectivity index (χ2v) is 11.0. The Morgan fingerprint density at radius 1 is 1.11 bits per heavy atom. The predicted molar refractivity (Wildman–Crippen MR) is 151 cm³/mol. The highest BCUT2D eigenvalue weighted by Crippen LogP contribution is 2.42. The Labute approximate surface area is 227 Å². The van der Waals surface area contributed by atoms with E-state index >= 15 is 0 Å². The van der Waals surface area contributed by atoms with Crippen molar-refractivity contribution in [2.75, 3.05) is 40.9 Å². The van der Waals surface area contributed by atoms with Gasteiger partial charge in [-0.2, -0.15) is 0 Å². The zero-order chi connectivity index (χ0) is 28.1. The maximum absolute atomic E-state index is 13.5. The standard InChI is InChI=1S/C31H42N2O5/c1-19(2)18-38-23-12-9-11-22(16-23)28-27(30(35)31(36)33(28)14-10-13-32(6)7)29(34)25-17-24(20(3)4)26(37-8)15-21(25)5/h9,11-12,15-17,19-20,28,34H,10,13-14,18H2,1-8H3/b29-27+. The zero-order valence-electron chi connectivity index (χ0n) is 24.0. The number of amides is 1. The van der Waals surface area contributed by atoms with Crippen LogP contribution < -0.4 is 9.47 Å². The number of methoxy groups -OCH3 is 1. The van der Waals surface area contributed by atoms with Crippen molar-refractivity contribution < 1.29 is 24.2 Å². The lowest BCUT2D eigenvalue weighted by atomic mass is 9.91. The first-order valence-corrected chi connectivity index (χ1v) is 13.3. The van der Waals surface area contributed by atoms with Crippen molar-refractivity contribution in [2.24, 2.45) is 5.92 Å². The molecule has 1 amide bonds. The molecule has 0 aliphatic carbocycles. The third-order valence-corrected chi connectivity index (χ3v) is 6.76. The molecular weight excluding hydrogens is 480 g/mol. The average Bonchev–Trinajstić information content (AvgIpc) is 3.11. The largest absolute Gasteiger partial charge is 0.507 e. The molecule has 7 heteroatoms. The Morgan fingerprint density at radius 2 is 1.82 bits per heavy atom. The topological polar surface area (TPSA) is 79.3 Å². The summed E-state index contributed by atoms with van der Waals surface area (Å²) in [5, 5.41) is 11.7. The summed E-state index contributed by atoms with van der Waals surface area (Å²) >= 11 is 0. The second kappa shape index (κ2) is 12.5. The number of aryl methyl sites for hydroxylation is 1. The van der Waals surface area contributed by atoms with Crippen molar-refractivity contribution >= 4 is 17.4 Å². The minimum atomic E-state index is -0.719. The van der Waals surface area contributed by atoms with E-state index < -0.39 is 17.7 Å². The van der Waals surface area contributed by atoms with Crippen LogP contribution in [0.2, 0.25) is 0 Å². The maximum atomic E-state index is 13.5. The number of rotatable bonds is 11. The number of benzene rings is 2. The van der Waals surface area contributed by atoms with Gasteiger partial charge in [0.25, 0.3) is 11.7 Å². The first-order chi connectivity index (χ1) is 18.0. The van der Waals surface area contributed by atoms with Gasteiger partial charge in [0.05, 0.1) is 25.3 Å². The summed E-state index contributed by atoms with van der Waals surface area (Å²) in [6.07, 6.45) is 0.694. The number of hydrogen-bond donors (Lipinski definition) is 1. The summed E-state index contributed by atoms with van der Waals surface area (Å²) in [5.41, 5.74) is 3.03. The zero-order valence-corrected chi connectivity index (χ0v) is 24.0. The molecule has 1 fully saturated rings. The number of carbonyl (C=O) groups is 2. The summed E-state index contributed by atoms with van der Waals surface area (Å²) in [7, 11) is 5.56. The minimum absolute atomic E-state index is 0.101. The van der Waals surface area contributed by atoms with Crippen LogP contribution in [0.15, 0.2) is 42.0 Å². The van der Waals surface area contributed by atoms with Gasteiger partial charge in [0, 0.05) is 12.1 Å². The molecule has 1 saturated heterocycles. The fourth-order valence-corrected chi connectivity index (χ4v) is 4.78. The van der Waals surface area contributed by atoms with Crippen LogP contribution in [0.4, 0.5) is 0 Å². The molecule has 1 unspecified atom stereocenters. The molecule has 2 aromatic carbocycles. The van der Waals surface area contributed by atoms with Crippen LogP contribution in [0.25, 0.3) is 5.76 Å². The lowest BCUT2D eigenvalue weighted by molar-refractivity contribution is -0.139. The van der Waals surface area contributed by atoms with E-state index in [1.807, 2.05) is 76.2 Å². The van der Waals surface area contributed by atoms with E-state index in [1.165, 1.54) is 0 Å². The van der Waals surface area contributed by atoms with Crippen LogP contribution in [0.5, 0.6) is 11.5 Å². The third-order valence-electron chi connectivity index (χ3n) is 6.76. The normalized spacial score (nSPS) is 17.2. The quantitative estimate of drug-likeness (QED) is 0.237. The van der Waals surface area contributed by atoms with Crippen LogP contribution in [0.1, 0.15) is 68.3 Å². The van der Waals surface area contributed by atoms with Crippen molar-refractivity contribution in [3.05, 3.63) is 64.2 Å². The molecule has 0 spiro atoms. The molecule has 1 aliphatic heterocycles. The number of Topliss-reactive ketones (excluding diaryl/α,β-unsaturated/α-hetero) is 1. The van der Waals surface area contributed by atoms with Gasteiger partial charge in [0.2, 0.25) is 0 Å². The molecular formula is C31H42N2O5. The van der Waals surface area contributed by atoms with Crippen molar-refractivity contribution in [3.8, 4) is 11.5 Å². The van der Waals surface area contributed by atoms with E-state index in [4.69, 9.17) is 9.47 Å². The molecule has 0 aromatic heterocycles. The molecule has 0 radical (unpaired) electrons. The number of carbonyl (C=O) groups excluding carboxylic acids is 2. The molecule has 7 nitrogen and oxygen atoms in total. The molecule has 3 rings (SSSR count). The highest BCUT2D eigenvalue weighted by atomic mass is 16.5. The first-order valence-electron chi connectivity index (χ1n) is 13.3. The Kier molecular flexibility index (Phi) is 9.60. The van der Waals surface area contributed by atoms with Crippen molar-refractivity contribution in [3.63, 3.8) is 0 Å². The molecule has 1 N–H and O–H groups in total. The lowest BCUT2D eigenvalue weighted by Gasteiger charge is -2.26. The van der Waals surface area contributed by atoms with E-state index in [9.17, 15) is 14.7 Å². The third kappa shape index (κ3) is 6.38. The number of likely N-dealkylation sites (tertiary alicyclic amines) is 1. The second-order valence-electron chi connectivity index (χ2n) is 11.0. The van der Waals surface area contributed by atoms with Crippen LogP contribution in [0.3, 0.4) is 0 Å². The summed E-state index contributed by atoms with van der Waals surface area (Å²) < 4.78 is 11.5. The van der Waals surface area contributed by atoms with Gasteiger partial charge in [0.15, 0.2) is 0 Å². The highest BCUT2D eigenvalue weighted by Gasteiger charge is 2.46. The van der Waals surface area contributed by atoms with Gasteiger partial charge >= 0.3 is 0 Å². The van der Waals surface area contributed by atoms with Gasteiger partial charge in [-0.15, -0.1) is 0 Å². The van der Waals surface area contributed by atoms with Gasteiger partial charge in [0.1, 0.15) is 17.3 Å². The molecule has 206 valence electrons. The van der Waals surface area contributed by atoms with E-state index in [2.05, 4.69) is 13.8 Å². The predicted octanol–water partition coefficient (Wildman–Crippen LogP) is 5.54. The molecule has 1 heterocycles. The molecule has 2 aromatic rings. The summed E-state index contributed by atoms with van der Waals surface area (Å²) in [5.74, 6) is 0.437. The highest BCUT2D eigenvalue weighted by molar-refractivity contribution is 6.46. The Bertz CT molecular complexity index is 1200. The Balaban J connectivity index is 2.18. The first kappa shape index (κ1) is 29.2. The smallest absolute Gasteiger partial charge is 0.295 e. The summed E-state index contributed by atoms with van der Waals surface area (Å²) in [4.78, 5) is 30.5. The maximum Gasteiger partial charge on any atom is 0.295 e. The number of ketones is 1. The van der Waals surface area contributed by atoms with Crippen LogP contribution >= 0.6 is 0 Å². The van der Waals surface area contributed by atoms with E-state index in [0.29, 0.717) is 36.8 Å². The summed E-state index contributed by atoms with van der Waals surface area (Å²) in [6.45, 7) is 11.8. The van der Waals surface area contributed by atoms with Gasteiger partial charge < -0.3 is 24.4 Å². The Hall–Kier alpha value is -3.32. The van der Waals surface area contributed by atoms with Gasteiger partial charge in [-0.25, -0.2) is 0 Å². The van der Waals surface area contributed by atoms with Crippen LogP contribution in [0, 0.1) is 12.8 Å². The van der Waals surface area contributed by atoms with E-state index in [0.717, 1.165) is 29.0 Å². The van der Waals surface area contributed by atoms with E-state index in [-0.39, 0.29) is 17.3 Å². The number of aliphatic hydroxyl groups is 1. The number of nitrogens with zero attached hydrogens (tertiary/aromatic N) is 2. The lowest BCUT2D eigenvalue weighted by Crippen LogP contribution is -2.32. The monoisotopic (exact) mass is 522 g/mol. The van der Waals surface area contributed by atoms with Crippen LogP contribution in [-0.2, 0) is 9.59 Å². The SMILES string of the molecule is COc1cc(C)c(/C(O)=C2\C(=O)C(=O)N(CCCN(C)C)C2c2cccc(OCC(C)C)c2)cc1C(C)C. The van der Waals surface area contributed by atoms with Crippen molar-refractivity contribution in [1.29, 1.82) is 0 Å². The van der Waals surface area contributed by atoms with Gasteiger partial charge in [-0.05, 0) is 86.8 Å². The Morgan fingerprint density at radius 3 is 2.42 bits per heavy atom. The van der Waals surface area contributed by atoms with E-state index in [1.54, 1.807) is 12.0 Å². The fourth-order valence-electron chi connectivity index (χ4n) is 4.78. The van der Waals surface area contributed by atoms with Gasteiger partial charge in [-0.3, -0.25) is 9.59 Å². The summed E-state index contributed by atoms with van der Waals surface area (Å²) in [6, 6.07) is 10.5. The minimum Gasteiger partial charge on any atom is -0.507 e. The number of aliphatic hydroxyl groups excluding tert-OH is 1. The number of ether oxygens (including phenoxy) is 2. The molecule has 1 aliphatic rings. The average molecular weight is 523 g/mol.